The summed E-state index contributed by atoms with van der Waals surface area (Å²) >= 11 is 1.66. The average molecular weight is 178 g/mol. The Morgan fingerprint density at radius 1 is 1.50 bits per heavy atom. The van der Waals surface area contributed by atoms with Crippen LogP contribution >= 0.6 is 11.8 Å². The van der Waals surface area contributed by atoms with Gasteiger partial charge in [-0.1, -0.05) is 6.07 Å². The molecule has 62 valence electrons. The third-order valence-electron chi connectivity index (χ3n) is 1.33. The summed E-state index contributed by atoms with van der Waals surface area (Å²) in [6, 6.07) is 7.18. The fraction of sp³-hybridized carbons (Fsp3) is 0.200. The fourth-order valence-corrected chi connectivity index (χ4v) is 1.64. The van der Waals surface area contributed by atoms with E-state index in [4.69, 9.17) is 11.5 Å². The van der Waals surface area contributed by atoms with Gasteiger partial charge in [0.05, 0.1) is 0 Å². The van der Waals surface area contributed by atoms with Crippen LogP contribution in [0.2, 0.25) is 0 Å². The topological polar surface area (TPSA) is 20.2 Å². The summed E-state index contributed by atoms with van der Waals surface area (Å²) in [7, 11) is 0. The molecule has 0 aliphatic heterocycles. The van der Waals surface area contributed by atoms with Gasteiger partial charge in [-0.15, -0.1) is 24.1 Å². The predicted octanol–water partition coefficient (Wildman–Crippen LogP) is 2.51. The maximum absolute atomic E-state index is 9.12. The smallest absolute Gasteiger partial charge is 0.116 e. The van der Waals surface area contributed by atoms with E-state index in [-0.39, 0.29) is 0 Å². The molecule has 0 saturated carbocycles. The Hall–Kier alpha value is -1.07. The van der Waals surface area contributed by atoms with E-state index in [0.29, 0.717) is 5.75 Å². The van der Waals surface area contributed by atoms with Crippen molar-refractivity contribution in [1.82, 2.24) is 0 Å². The molecule has 0 heterocycles. The van der Waals surface area contributed by atoms with Crippen molar-refractivity contribution in [3.8, 4) is 18.1 Å². The summed E-state index contributed by atoms with van der Waals surface area (Å²) in [6.45, 7) is 0. The number of hydrogen-bond acceptors (Lipinski definition) is 2. The van der Waals surface area contributed by atoms with Crippen LogP contribution in [0.5, 0.6) is 5.75 Å². The maximum Gasteiger partial charge on any atom is 0.116 e. The van der Waals surface area contributed by atoms with Crippen LogP contribution in [0.4, 0.5) is 0 Å². The fourth-order valence-electron chi connectivity index (χ4n) is 0.801. The molecule has 0 aliphatic carbocycles. The molecule has 1 nitrogen and oxygen atoms in total. The number of phenolic OH excluding ortho intramolecular Hbond substituents is 1. The number of terminal acetylenes is 1. The van der Waals surface area contributed by atoms with E-state index in [0.717, 1.165) is 17.1 Å². The van der Waals surface area contributed by atoms with Crippen molar-refractivity contribution in [1.29, 1.82) is 0 Å². The molecule has 0 aromatic heterocycles. The van der Waals surface area contributed by atoms with Crippen molar-refractivity contribution in [3.05, 3.63) is 24.3 Å². The van der Waals surface area contributed by atoms with Gasteiger partial charge in [0.25, 0.3) is 0 Å². The zero-order chi connectivity index (χ0) is 8.81. The average Bonchev–Trinajstić information content (AvgIpc) is 2.05. The summed E-state index contributed by atoms with van der Waals surface area (Å²) < 4.78 is 0. The molecule has 0 radical (unpaired) electrons. The summed E-state index contributed by atoms with van der Waals surface area (Å²) in [6.07, 6.45) is 5.87. The molecule has 12 heavy (non-hydrogen) atoms. The van der Waals surface area contributed by atoms with E-state index in [9.17, 15) is 0 Å². The lowest BCUT2D eigenvalue weighted by molar-refractivity contribution is 0.474. The summed E-state index contributed by atoms with van der Waals surface area (Å²) in [5, 5.41) is 9.12. The molecule has 2 heteroatoms. The molecule has 1 aromatic carbocycles. The first-order valence-electron chi connectivity index (χ1n) is 3.68. The lowest BCUT2D eigenvalue weighted by Crippen LogP contribution is -1.76. The first-order valence-corrected chi connectivity index (χ1v) is 4.67. The predicted molar refractivity (Wildman–Crippen MR) is 52.3 cm³/mol. The second kappa shape index (κ2) is 4.74. The Morgan fingerprint density at radius 3 is 3.00 bits per heavy atom. The zero-order valence-electron chi connectivity index (χ0n) is 6.66. The summed E-state index contributed by atoms with van der Waals surface area (Å²) in [5.41, 5.74) is 0. The van der Waals surface area contributed by atoms with E-state index >= 15 is 0 Å². The lowest BCUT2D eigenvalue weighted by Gasteiger charge is -1.98. The van der Waals surface area contributed by atoms with Gasteiger partial charge in [-0.2, -0.15) is 0 Å². The van der Waals surface area contributed by atoms with Crippen molar-refractivity contribution in [2.75, 3.05) is 5.75 Å². The van der Waals surface area contributed by atoms with Gasteiger partial charge < -0.3 is 5.11 Å². The first kappa shape index (κ1) is 9.02. The van der Waals surface area contributed by atoms with Gasteiger partial charge in [-0.3, -0.25) is 0 Å². The number of hydrogen-bond donors (Lipinski definition) is 1. The van der Waals surface area contributed by atoms with Crippen LogP contribution in [0.15, 0.2) is 29.2 Å². The van der Waals surface area contributed by atoms with Crippen molar-refractivity contribution in [2.45, 2.75) is 11.3 Å². The van der Waals surface area contributed by atoms with Crippen LogP contribution in [-0.2, 0) is 0 Å². The van der Waals surface area contributed by atoms with Gasteiger partial charge >= 0.3 is 0 Å². The minimum absolute atomic E-state index is 0.306. The number of thioether (sulfide) groups is 1. The van der Waals surface area contributed by atoms with Crippen LogP contribution in [0.1, 0.15) is 6.42 Å². The Bertz CT molecular complexity index is 288. The highest BCUT2D eigenvalue weighted by Crippen LogP contribution is 2.22. The van der Waals surface area contributed by atoms with Crippen molar-refractivity contribution in [2.24, 2.45) is 0 Å². The molecule has 0 spiro atoms. The molecule has 0 aliphatic rings. The largest absolute Gasteiger partial charge is 0.508 e. The number of rotatable bonds is 3. The van der Waals surface area contributed by atoms with Gasteiger partial charge in [-0.25, -0.2) is 0 Å². The number of aromatic hydroxyl groups is 1. The van der Waals surface area contributed by atoms with E-state index in [2.05, 4.69) is 5.92 Å². The molecule has 1 aromatic rings. The highest BCUT2D eigenvalue weighted by Gasteiger charge is 1.93. The minimum atomic E-state index is 0.306. The normalized spacial score (nSPS) is 9.25. The van der Waals surface area contributed by atoms with E-state index < -0.39 is 0 Å². The van der Waals surface area contributed by atoms with Crippen LogP contribution in [0.3, 0.4) is 0 Å². The minimum Gasteiger partial charge on any atom is -0.508 e. The molecular formula is C10H10OS. The highest BCUT2D eigenvalue weighted by atomic mass is 32.2. The molecule has 0 fully saturated rings. The van der Waals surface area contributed by atoms with Gasteiger partial charge in [0.2, 0.25) is 0 Å². The molecule has 0 saturated heterocycles. The quantitative estimate of drug-likeness (QED) is 0.436. The van der Waals surface area contributed by atoms with Crippen molar-refractivity contribution in [3.63, 3.8) is 0 Å². The SMILES string of the molecule is C#CCCSc1cccc(O)c1. The third-order valence-corrected chi connectivity index (χ3v) is 2.33. The molecule has 0 atom stereocenters. The maximum atomic E-state index is 9.12. The Labute approximate surface area is 76.8 Å². The van der Waals surface area contributed by atoms with Gasteiger partial charge in [0.15, 0.2) is 0 Å². The van der Waals surface area contributed by atoms with E-state index in [1.165, 1.54) is 0 Å². The molecule has 0 unspecified atom stereocenters. The molecule has 1 rings (SSSR count). The highest BCUT2D eigenvalue weighted by molar-refractivity contribution is 7.99. The van der Waals surface area contributed by atoms with Crippen LogP contribution in [0, 0.1) is 12.3 Å². The standard InChI is InChI=1S/C10H10OS/c1-2-3-7-12-10-6-4-5-9(11)8-10/h1,4-6,8,11H,3,7H2. The van der Waals surface area contributed by atoms with Crippen LogP contribution in [-0.4, -0.2) is 10.9 Å². The Kier molecular flexibility index (Phi) is 3.56. The van der Waals surface area contributed by atoms with Gasteiger partial charge in [0, 0.05) is 17.1 Å². The Balaban J connectivity index is 2.48. The Morgan fingerprint density at radius 2 is 2.33 bits per heavy atom. The summed E-state index contributed by atoms with van der Waals surface area (Å²) in [5.74, 6) is 3.78. The van der Waals surface area contributed by atoms with Crippen molar-refractivity contribution < 1.29 is 5.11 Å². The van der Waals surface area contributed by atoms with Crippen LogP contribution in [0.25, 0.3) is 0 Å². The zero-order valence-corrected chi connectivity index (χ0v) is 7.47. The van der Waals surface area contributed by atoms with E-state index in [1.807, 2.05) is 12.1 Å². The van der Waals surface area contributed by atoms with Gasteiger partial charge in [-0.05, 0) is 18.2 Å². The molecule has 0 bridgehead atoms. The monoisotopic (exact) mass is 178 g/mol. The second-order valence-corrected chi connectivity index (χ2v) is 3.47. The molecule has 1 N–H and O–H groups in total. The second-order valence-electron chi connectivity index (χ2n) is 2.30. The first-order chi connectivity index (χ1) is 5.83. The van der Waals surface area contributed by atoms with Crippen molar-refractivity contribution >= 4 is 11.8 Å². The summed E-state index contributed by atoms with van der Waals surface area (Å²) in [4.78, 5) is 1.06. The number of phenols is 1. The van der Waals surface area contributed by atoms with Gasteiger partial charge in [0.1, 0.15) is 5.75 Å². The lowest BCUT2D eigenvalue weighted by atomic mass is 10.3. The van der Waals surface area contributed by atoms with E-state index in [1.54, 1.807) is 23.9 Å². The number of benzene rings is 1. The van der Waals surface area contributed by atoms with Crippen LogP contribution < -0.4 is 0 Å². The molecule has 0 amide bonds. The third kappa shape index (κ3) is 2.89. The molecular weight excluding hydrogens is 168 g/mol.